The van der Waals surface area contributed by atoms with Crippen LogP contribution in [0.15, 0.2) is 18.2 Å². The monoisotopic (exact) mass is 182 g/mol. The maximum atomic E-state index is 13.2. The molecule has 4 heteroatoms. The molecular formula is C8H7FN2S. The third-order valence-electron chi connectivity index (χ3n) is 1.71. The second-order valence-corrected chi connectivity index (χ2v) is 3.56. The van der Waals surface area contributed by atoms with Gasteiger partial charge in [0.25, 0.3) is 0 Å². The highest BCUT2D eigenvalue weighted by Crippen LogP contribution is 2.35. The molecule has 0 unspecified atom stereocenters. The highest BCUT2D eigenvalue weighted by atomic mass is 32.1. The van der Waals surface area contributed by atoms with E-state index in [9.17, 15) is 4.39 Å². The molecule has 2 nitrogen and oxygen atoms in total. The molecule has 0 saturated heterocycles. The lowest BCUT2D eigenvalue weighted by molar-refractivity contribution is 0.648. The van der Waals surface area contributed by atoms with Crippen molar-refractivity contribution in [2.45, 2.75) is 0 Å². The summed E-state index contributed by atoms with van der Waals surface area (Å²) in [5.41, 5.74) is 11.6. The van der Waals surface area contributed by atoms with Crippen molar-refractivity contribution in [2.24, 2.45) is 0 Å². The van der Waals surface area contributed by atoms with Crippen molar-refractivity contribution in [2.75, 3.05) is 11.5 Å². The number of anilines is 2. The summed E-state index contributed by atoms with van der Waals surface area (Å²) in [5, 5.41) is 0.709. The van der Waals surface area contributed by atoms with Gasteiger partial charge in [0.1, 0.15) is 5.00 Å². The fourth-order valence-corrected chi connectivity index (χ4v) is 2.00. The third kappa shape index (κ3) is 0.848. The zero-order valence-corrected chi connectivity index (χ0v) is 6.99. The SMILES string of the molecule is Nc1sc2c(N)cccc2c1F. The summed E-state index contributed by atoms with van der Waals surface area (Å²) in [5.74, 6) is -0.359. The molecule has 0 spiro atoms. The van der Waals surface area contributed by atoms with Crippen molar-refractivity contribution in [1.29, 1.82) is 0 Å². The zero-order chi connectivity index (χ0) is 8.72. The fraction of sp³-hybridized carbons (Fsp3) is 0. The first-order valence-electron chi connectivity index (χ1n) is 3.42. The normalized spacial score (nSPS) is 10.8. The van der Waals surface area contributed by atoms with E-state index in [0.29, 0.717) is 11.1 Å². The largest absolute Gasteiger partial charge is 0.398 e. The number of rotatable bonds is 0. The van der Waals surface area contributed by atoms with Crippen LogP contribution in [0, 0.1) is 5.82 Å². The average Bonchev–Trinajstić information content (AvgIpc) is 2.32. The molecule has 0 fully saturated rings. The molecule has 62 valence electrons. The van der Waals surface area contributed by atoms with Crippen LogP contribution < -0.4 is 11.5 Å². The second-order valence-electron chi connectivity index (χ2n) is 2.50. The van der Waals surface area contributed by atoms with Gasteiger partial charge in [-0.05, 0) is 6.07 Å². The highest BCUT2D eigenvalue weighted by molar-refractivity contribution is 7.23. The molecule has 1 heterocycles. The lowest BCUT2D eigenvalue weighted by Crippen LogP contribution is -1.83. The summed E-state index contributed by atoms with van der Waals surface area (Å²) in [6.45, 7) is 0. The molecular weight excluding hydrogens is 175 g/mol. The number of fused-ring (bicyclic) bond motifs is 1. The van der Waals surface area contributed by atoms with Gasteiger partial charge in [-0.15, -0.1) is 11.3 Å². The lowest BCUT2D eigenvalue weighted by atomic mass is 10.2. The Morgan fingerprint density at radius 2 is 2.00 bits per heavy atom. The Bertz CT molecular complexity index is 436. The number of halogens is 1. The molecule has 0 radical (unpaired) electrons. The van der Waals surface area contributed by atoms with Crippen molar-refractivity contribution in [3.8, 4) is 0 Å². The first-order chi connectivity index (χ1) is 5.70. The number of nitrogen functional groups attached to an aromatic ring is 2. The molecule has 2 rings (SSSR count). The minimum Gasteiger partial charge on any atom is -0.398 e. The Kier molecular flexibility index (Phi) is 1.44. The standard InChI is InChI=1S/C8H7FN2S/c9-6-4-2-1-3-5(10)7(4)12-8(6)11/h1-3H,10-11H2. The van der Waals surface area contributed by atoms with E-state index in [1.54, 1.807) is 18.2 Å². The Balaban J connectivity index is 2.95. The van der Waals surface area contributed by atoms with Gasteiger partial charge in [0, 0.05) is 11.1 Å². The van der Waals surface area contributed by atoms with Crippen LogP contribution in [-0.4, -0.2) is 0 Å². The van der Waals surface area contributed by atoms with Crippen LogP contribution in [-0.2, 0) is 0 Å². The molecule has 0 saturated carbocycles. The van der Waals surface area contributed by atoms with Gasteiger partial charge in [-0.1, -0.05) is 12.1 Å². The summed E-state index contributed by atoms with van der Waals surface area (Å²) in [6.07, 6.45) is 0. The Morgan fingerprint density at radius 3 is 2.67 bits per heavy atom. The van der Waals surface area contributed by atoms with Gasteiger partial charge in [0.05, 0.1) is 4.70 Å². The van der Waals surface area contributed by atoms with Gasteiger partial charge in [-0.3, -0.25) is 0 Å². The molecule has 2 aromatic rings. The van der Waals surface area contributed by atoms with E-state index in [0.717, 1.165) is 4.70 Å². The summed E-state index contributed by atoms with van der Waals surface area (Å²) in [6, 6.07) is 5.12. The maximum Gasteiger partial charge on any atom is 0.165 e. The van der Waals surface area contributed by atoms with Gasteiger partial charge in [-0.2, -0.15) is 0 Å². The van der Waals surface area contributed by atoms with Crippen molar-refractivity contribution in [1.82, 2.24) is 0 Å². The van der Waals surface area contributed by atoms with Crippen LogP contribution >= 0.6 is 11.3 Å². The predicted molar refractivity (Wildman–Crippen MR) is 50.6 cm³/mol. The van der Waals surface area contributed by atoms with E-state index >= 15 is 0 Å². The van der Waals surface area contributed by atoms with E-state index in [1.807, 2.05) is 0 Å². The third-order valence-corrected chi connectivity index (χ3v) is 2.77. The van der Waals surface area contributed by atoms with Crippen LogP contribution in [0.2, 0.25) is 0 Å². The summed E-state index contributed by atoms with van der Waals surface area (Å²) >= 11 is 1.18. The zero-order valence-electron chi connectivity index (χ0n) is 6.17. The van der Waals surface area contributed by atoms with E-state index in [2.05, 4.69) is 0 Å². The molecule has 0 aliphatic heterocycles. The summed E-state index contributed by atoms with van der Waals surface area (Å²) < 4.78 is 13.9. The van der Waals surface area contributed by atoms with Crippen LogP contribution in [0.4, 0.5) is 15.1 Å². The molecule has 0 aliphatic rings. The lowest BCUT2D eigenvalue weighted by Gasteiger charge is -1.92. The van der Waals surface area contributed by atoms with Crippen molar-refractivity contribution >= 4 is 32.1 Å². The molecule has 0 bridgehead atoms. The number of benzene rings is 1. The number of thiophene rings is 1. The molecule has 4 N–H and O–H groups in total. The first kappa shape index (κ1) is 7.36. The molecule has 0 atom stereocenters. The molecule has 12 heavy (non-hydrogen) atoms. The second kappa shape index (κ2) is 2.35. The smallest absolute Gasteiger partial charge is 0.165 e. The predicted octanol–water partition coefficient (Wildman–Crippen LogP) is 2.20. The summed E-state index contributed by atoms with van der Waals surface area (Å²) in [7, 11) is 0. The highest BCUT2D eigenvalue weighted by Gasteiger charge is 2.09. The Morgan fingerprint density at radius 1 is 1.25 bits per heavy atom. The van der Waals surface area contributed by atoms with Crippen molar-refractivity contribution in [3.63, 3.8) is 0 Å². The topological polar surface area (TPSA) is 52.0 Å². The molecule has 0 aliphatic carbocycles. The minimum absolute atomic E-state index is 0.197. The van der Waals surface area contributed by atoms with Gasteiger partial charge >= 0.3 is 0 Å². The van der Waals surface area contributed by atoms with Crippen molar-refractivity contribution < 1.29 is 4.39 Å². The quantitative estimate of drug-likeness (QED) is 0.614. The van der Waals surface area contributed by atoms with Crippen molar-refractivity contribution in [3.05, 3.63) is 24.0 Å². The van der Waals surface area contributed by atoms with Gasteiger partial charge in [0.2, 0.25) is 0 Å². The molecule has 1 aromatic heterocycles. The summed E-state index contributed by atoms with van der Waals surface area (Å²) in [4.78, 5) is 0. The fourth-order valence-electron chi connectivity index (χ4n) is 1.13. The van der Waals surface area contributed by atoms with E-state index < -0.39 is 0 Å². The maximum absolute atomic E-state index is 13.2. The average molecular weight is 182 g/mol. The number of hydrogen-bond acceptors (Lipinski definition) is 3. The van der Waals surface area contributed by atoms with E-state index in [4.69, 9.17) is 11.5 Å². The van der Waals surface area contributed by atoms with Crippen LogP contribution in [0.5, 0.6) is 0 Å². The van der Waals surface area contributed by atoms with E-state index in [1.165, 1.54) is 11.3 Å². The van der Waals surface area contributed by atoms with Gasteiger partial charge in [-0.25, -0.2) is 4.39 Å². The first-order valence-corrected chi connectivity index (χ1v) is 4.24. The Labute approximate surface area is 72.6 Å². The van der Waals surface area contributed by atoms with Crippen LogP contribution in [0.25, 0.3) is 10.1 Å². The van der Waals surface area contributed by atoms with Gasteiger partial charge in [0.15, 0.2) is 5.82 Å². The Hall–Kier alpha value is -1.29. The number of nitrogens with two attached hydrogens (primary N) is 2. The molecule has 1 aromatic carbocycles. The van der Waals surface area contributed by atoms with Crippen LogP contribution in [0.3, 0.4) is 0 Å². The minimum atomic E-state index is -0.359. The van der Waals surface area contributed by atoms with Gasteiger partial charge < -0.3 is 11.5 Å². The number of hydrogen-bond donors (Lipinski definition) is 2. The van der Waals surface area contributed by atoms with Crippen LogP contribution in [0.1, 0.15) is 0 Å². The van der Waals surface area contributed by atoms with E-state index in [-0.39, 0.29) is 10.8 Å². The molecule has 0 amide bonds.